The van der Waals surface area contributed by atoms with Gasteiger partial charge in [0.2, 0.25) is 0 Å². The zero-order valence-electron chi connectivity index (χ0n) is 23.5. The molecule has 3 saturated heterocycles. The number of alkyl halides is 1. The number of hydrogen-bond donors (Lipinski definition) is 1. The summed E-state index contributed by atoms with van der Waals surface area (Å²) < 4.78 is 35.6. The molecule has 222 valence electrons. The molecular formula is C28H37ClO11. The Morgan fingerprint density at radius 2 is 1.65 bits per heavy atom. The first-order valence-electron chi connectivity index (χ1n) is 13.8. The SMILES string of the molecule is C=C1C(Cl)C2OC(=O)C(C)C2(O)C(OC(C)=O)C2C(C)C(OC(=O)CCC)C3OC3C2(C)C(OC(C)=O)C2OC12. The third-order valence-corrected chi connectivity index (χ3v) is 10.0. The first kappa shape index (κ1) is 29.3. The Bertz CT molecular complexity index is 1130. The van der Waals surface area contributed by atoms with Gasteiger partial charge in [0.25, 0.3) is 0 Å². The molecule has 3 heterocycles. The summed E-state index contributed by atoms with van der Waals surface area (Å²) >= 11 is 6.82. The lowest BCUT2D eigenvalue weighted by Crippen LogP contribution is -2.69. The fourth-order valence-corrected chi connectivity index (χ4v) is 7.88. The second kappa shape index (κ2) is 9.96. The highest BCUT2D eigenvalue weighted by Gasteiger charge is 2.78. The maximum atomic E-state index is 13.0. The average Bonchev–Trinajstić information content (AvgIpc) is 3.79. The molecule has 0 bridgehead atoms. The van der Waals surface area contributed by atoms with Crippen molar-refractivity contribution in [3.63, 3.8) is 0 Å². The van der Waals surface area contributed by atoms with E-state index >= 15 is 0 Å². The van der Waals surface area contributed by atoms with Crippen molar-refractivity contribution in [2.75, 3.05) is 0 Å². The van der Waals surface area contributed by atoms with Crippen LogP contribution < -0.4 is 0 Å². The van der Waals surface area contributed by atoms with E-state index in [9.17, 15) is 24.3 Å². The number of esters is 4. The van der Waals surface area contributed by atoms with Crippen LogP contribution in [0, 0.1) is 23.2 Å². The van der Waals surface area contributed by atoms with Crippen molar-refractivity contribution in [2.45, 2.75) is 114 Å². The maximum absolute atomic E-state index is 13.0. The number of carbonyl (C=O) groups is 4. The lowest BCUT2D eigenvalue weighted by Gasteiger charge is -2.54. The van der Waals surface area contributed by atoms with Gasteiger partial charge in [0.15, 0.2) is 11.7 Å². The summed E-state index contributed by atoms with van der Waals surface area (Å²) in [6.45, 7) is 13.5. The normalized spacial score (nSPS) is 48.8. The molecule has 0 aromatic heterocycles. The monoisotopic (exact) mass is 584 g/mol. The molecule has 2 aliphatic carbocycles. The summed E-state index contributed by atoms with van der Waals surface area (Å²) in [7, 11) is 0. The summed E-state index contributed by atoms with van der Waals surface area (Å²) in [4.78, 5) is 50.7. The van der Waals surface area contributed by atoms with Gasteiger partial charge in [-0.05, 0) is 18.9 Å². The molecule has 14 unspecified atom stereocenters. The molecular weight excluding hydrogens is 548 g/mol. The van der Waals surface area contributed by atoms with Crippen molar-refractivity contribution in [3.05, 3.63) is 12.2 Å². The van der Waals surface area contributed by atoms with Gasteiger partial charge in [-0.15, -0.1) is 11.6 Å². The second-order valence-electron chi connectivity index (χ2n) is 12.0. The van der Waals surface area contributed by atoms with E-state index in [0.29, 0.717) is 12.0 Å². The van der Waals surface area contributed by atoms with Gasteiger partial charge in [-0.3, -0.25) is 19.2 Å². The standard InChI is InChI=1S/C28H37ClO11/c1-8-9-15(32)37-18-10(2)16-22(35-13(5)30)28(34)12(4)26(33)40-23(28)17(29)11(3)19-20(38-19)24(36-14(6)31)27(16,7)25-21(18)39-25/h10,12,16-25,34H,3,8-9H2,1-2,4-7H3. The van der Waals surface area contributed by atoms with Gasteiger partial charge in [-0.1, -0.05) is 27.4 Å². The average molecular weight is 585 g/mol. The van der Waals surface area contributed by atoms with Gasteiger partial charge in [-0.25, -0.2) is 0 Å². The van der Waals surface area contributed by atoms with Gasteiger partial charge in [0.1, 0.15) is 36.6 Å². The number of aliphatic hydroxyl groups is 1. The van der Waals surface area contributed by atoms with Gasteiger partial charge < -0.3 is 33.5 Å². The number of carbonyl (C=O) groups excluding carboxylic acids is 4. The van der Waals surface area contributed by atoms with E-state index in [0.717, 1.165) is 0 Å². The number of hydrogen-bond acceptors (Lipinski definition) is 11. The minimum Gasteiger partial charge on any atom is -0.459 e. The molecule has 12 heteroatoms. The van der Waals surface area contributed by atoms with E-state index < -0.39 is 107 Å². The van der Waals surface area contributed by atoms with Crippen LogP contribution in [0.4, 0.5) is 0 Å². The molecule has 0 spiro atoms. The highest BCUT2D eigenvalue weighted by molar-refractivity contribution is 6.23. The van der Waals surface area contributed by atoms with Gasteiger partial charge in [-0.2, -0.15) is 0 Å². The number of ether oxygens (including phenoxy) is 6. The predicted octanol–water partition coefficient (Wildman–Crippen LogP) is 1.84. The zero-order valence-corrected chi connectivity index (χ0v) is 24.2. The molecule has 11 nitrogen and oxygen atoms in total. The van der Waals surface area contributed by atoms with Crippen molar-refractivity contribution in [2.24, 2.45) is 23.2 Å². The molecule has 40 heavy (non-hydrogen) atoms. The summed E-state index contributed by atoms with van der Waals surface area (Å²) in [6, 6.07) is 0. The first-order valence-corrected chi connectivity index (χ1v) is 14.2. The minimum absolute atomic E-state index is 0.199. The third-order valence-electron chi connectivity index (χ3n) is 9.52. The fraction of sp³-hybridized carbons (Fsp3) is 0.786. The van der Waals surface area contributed by atoms with Gasteiger partial charge in [0.05, 0.1) is 17.4 Å². The molecule has 0 radical (unpaired) electrons. The van der Waals surface area contributed by atoms with E-state index in [4.69, 9.17) is 40.0 Å². The summed E-state index contributed by atoms with van der Waals surface area (Å²) in [5, 5.41) is 11.4. The summed E-state index contributed by atoms with van der Waals surface area (Å²) in [6.07, 6.45) is -6.11. The Morgan fingerprint density at radius 3 is 2.25 bits per heavy atom. The minimum atomic E-state index is -2.12. The Balaban J connectivity index is 1.72. The van der Waals surface area contributed by atoms with Crippen molar-refractivity contribution < 1.29 is 52.7 Å². The number of epoxide rings is 2. The quantitative estimate of drug-likeness (QED) is 0.166. The molecule has 3 aliphatic heterocycles. The van der Waals surface area contributed by atoms with Crippen molar-refractivity contribution in [1.82, 2.24) is 0 Å². The number of rotatable bonds is 5. The van der Waals surface area contributed by atoms with E-state index in [2.05, 4.69) is 6.58 Å². The molecule has 0 amide bonds. The van der Waals surface area contributed by atoms with Gasteiger partial charge >= 0.3 is 23.9 Å². The molecule has 14 atom stereocenters. The van der Waals surface area contributed by atoms with E-state index in [1.165, 1.54) is 20.8 Å². The van der Waals surface area contributed by atoms with Crippen LogP contribution in [0.2, 0.25) is 0 Å². The van der Waals surface area contributed by atoms with E-state index in [-0.39, 0.29) is 6.42 Å². The van der Waals surface area contributed by atoms with Crippen molar-refractivity contribution >= 4 is 35.5 Å². The number of fused-ring (bicyclic) bond motifs is 5. The molecule has 2 saturated carbocycles. The Hall–Kier alpha value is -2.21. The highest BCUT2D eigenvalue weighted by atomic mass is 35.5. The van der Waals surface area contributed by atoms with Crippen LogP contribution in [0.15, 0.2) is 12.2 Å². The highest BCUT2D eigenvalue weighted by Crippen LogP contribution is 2.64. The van der Waals surface area contributed by atoms with E-state index in [1.807, 2.05) is 13.8 Å². The van der Waals surface area contributed by atoms with Crippen molar-refractivity contribution in [3.8, 4) is 0 Å². The van der Waals surface area contributed by atoms with Crippen LogP contribution in [0.3, 0.4) is 0 Å². The molecule has 5 rings (SSSR count). The predicted molar refractivity (Wildman–Crippen MR) is 137 cm³/mol. The lowest BCUT2D eigenvalue weighted by molar-refractivity contribution is -0.227. The molecule has 5 fully saturated rings. The van der Waals surface area contributed by atoms with Crippen LogP contribution in [0.25, 0.3) is 0 Å². The fourth-order valence-electron chi connectivity index (χ4n) is 7.50. The Kier molecular flexibility index (Phi) is 7.29. The van der Waals surface area contributed by atoms with Crippen LogP contribution in [-0.4, -0.2) is 88.8 Å². The Morgan fingerprint density at radius 1 is 1.02 bits per heavy atom. The van der Waals surface area contributed by atoms with Crippen molar-refractivity contribution in [1.29, 1.82) is 0 Å². The number of halogens is 1. The molecule has 0 aromatic carbocycles. The van der Waals surface area contributed by atoms with E-state index in [1.54, 1.807) is 6.92 Å². The van der Waals surface area contributed by atoms with Crippen LogP contribution in [-0.2, 0) is 47.6 Å². The molecule has 0 aromatic rings. The maximum Gasteiger partial charge on any atom is 0.312 e. The summed E-state index contributed by atoms with van der Waals surface area (Å²) in [5.74, 6) is -5.05. The Labute approximate surface area is 237 Å². The topological polar surface area (TPSA) is 150 Å². The van der Waals surface area contributed by atoms with Gasteiger partial charge in [0, 0.05) is 37.5 Å². The van der Waals surface area contributed by atoms with Crippen LogP contribution >= 0.6 is 11.6 Å². The lowest BCUT2D eigenvalue weighted by atomic mass is 9.53. The zero-order chi connectivity index (χ0) is 29.5. The molecule has 5 aliphatic rings. The first-order chi connectivity index (χ1) is 18.7. The summed E-state index contributed by atoms with van der Waals surface area (Å²) in [5.41, 5.74) is -2.92. The smallest absolute Gasteiger partial charge is 0.312 e. The largest absolute Gasteiger partial charge is 0.459 e. The third kappa shape index (κ3) is 4.26. The van der Waals surface area contributed by atoms with Crippen LogP contribution in [0.5, 0.6) is 0 Å². The van der Waals surface area contributed by atoms with Crippen LogP contribution in [0.1, 0.15) is 54.4 Å². The second-order valence-corrected chi connectivity index (χ2v) is 12.5. The molecule has 1 N–H and O–H groups in total.